The minimum Gasteiger partial charge on any atom is -0.338 e. The van der Waals surface area contributed by atoms with Crippen LogP contribution in [-0.2, 0) is 4.79 Å². The highest BCUT2D eigenvalue weighted by Crippen LogP contribution is 2.45. The zero-order valence-electron chi connectivity index (χ0n) is 13.6. The van der Waals surface area contributed by atoms with E-state index in [2.05, 4.69) is 10.6 Å². The van der Waals surface area contributed by atoms with Crippen LogP contribution in [0.2, 0.25) is 0 Å². The first kappa shape index (κ1) is 16.8. The number of nitrogens with one attached hydrogen (secondary N) is 2. The summed E-state index contributed by atoms with van der Waals surface area (Å²) < 4.78 is 0.475. The Morgan fingerprint density at radius 1 is 1.08 bits per heavy atom. The number of imide groups is 1. The third-order valence-corrected chi connectivity index (χ3v) is 8.07. The number of thioether (sulfide) groups is 2. The molecule has 25 heavy (non-hydrogen) atoms. The number of carbonyl (C=O) groups excluding carboxylic acids is 3. The molecule has 0 radical (unpaired) electrons. The molecule has 1 aromatic carbocycles. The summed E-state index contributed by atoms with van der Waals surface area (Å²) in [6.45, 7) is 0.922. The fraction of sp³-hybridized carbons (Fsp3) is 0.471. The molecule has 1 spiro atoms. The first-order chi connectivity index (χ1) is 12.1. The van der Waals surface area contributed by atoms with E-state index in [9.17, 15) is 14.4 Å². The molecular formula is C17H19N3O3S2. The van der Waals surface area contributed by atoms with Crippen LogP contribution in [0.25, 0.3) is 0 Å². The maximum Gasteiger partial charge on any atom is 0.322 e. The standard InChI is InChI=1S/C17H19N3O3S2/c21-13(11-1-3-12(4-2-11)14-24-9-10-25-14)20-7-5-17(6-8-20)15(22)18-16(23)19-17/h1-4,14H,5-10H2,(H2,18,19,22,23). The van der Waals surface area contributed by atoms with Gasteiger partial charge in [-0.15, -0.1) is 23.5 Å². The third kappa shape index (κ3) is 3.13. The van der Waals surface area contributed by atoms with Gasteiger partial charge in [-0.25, -0.2) is 4.79 Å². The SMILES string of the molecule is O=C1NC(=O)C2(CCN(C(=O)c3ccc(C4SCCS4)cc3)CC2)N1. The number of likely N-dealkylation sites (tertiary alicyclic amines) is 1. The van der Waals surface area contributed by atoms with Crippen LogP contribution in [0.1, 0.15) is 33.3 Å². The van der Waals surface area contributed by atoms with Gasteiger partial charge in [0, 0.05) is 30.2 Å². The minimum atomic E-state index is -0.839. The molecule has 0 unspecified atom stereocenters. The Hall–Kier alpha value is -1.67. The number of carbonyl (C=O) groups is 3. The molecule has 132 valence electrons. The monoisotopic (exact) mass is 377 g/mol. The smallest absolute Gasteiger partial charge is 0.322 e. The van der Waals surface area contributed by atoms with E-state index in [1.807, 2.05) is 47.8 Å². The van der Waals surface area contributed by atoms with Gasteiger partial charge in [0.1, 0.15) is 5.54 Å². The molecule has 6 nitrogen and oxygen atoms in total. The molecule has 3 aliphatic heterocycles. The fourth-order valence-corrected chi connectivity index (χ4v) is 6.35. The third-order valence-electron chi connectivity index (χ3n) is 4.97. The lowest BCUT2D eigenvalue weighted by Gasteiger charge is -2.37. The van der Waals surface area contributed by atoms with E-state index in [0.29, 0.717) is 36.1 Å². The van der Waals surface area contributed by atoms with Gasteiger partial charge in [0.2, 0.25) is 0 Å². The van der Waals surface area contributed by atoms with Crippen LogP contribution in [-0.4, -0.2) is 52.9 Å². The zero-order chi connectivity index (χ0) is 17.4. The van der Waals surface area contributed by atoms with E-state index >= 15 is 0 Å². The molecule has 2 N–H and O–H groups in total. The van der Waals surface area contributed by atoms with Crippen molar-refractivity contribution in [1.82, 2.24) is 15.5 Å². The van der Waals surface area contributed by atoms with Gasteiger partial charge in [-0.1, -0.05) is 12.1 Å². The second-order valence-corrected chi connectivity index (χ2v) is 9.20. The van der Waals surface area contributed by atoms with E-state index in [1.165, 1.54) is 17.1 Å². The maximum absolute atomic E-state index is 12.7. The lowest BCUT2D eigenvalue weighted by molar-refractivity contribution is -0.125. The van der Waals surface area contributed by atoms with Crippen LogP contribution in [0, 0.1) is 0 Å². The number of piperidine rings is 1. The number of benzene rings is 1. The Kier molecular flexibility index (Phi) is 4.41. The first-order valence-corrected chi connectivity index (χ1v) is 10.4. The summed E-state index contributed by atoms with van der Waals surface area (Å²) in [5.41, 5.74) is 1.09. The highest BCUT2D eigenvalue weighted by atomic mass is 32.2. The Morgan fingerprint density at radius 3 is 2.28 bits per heavy atom. The van der Waals surface area contributed by atoms with E-state index < -0.39 is 11.6 Å². The van der Waals surface area contributed by atoms with Crippen molar-refractivity contribution in [2.45, 2.75) is 23.0 Å². The molecule has 0 aliphatic carbocycles. The average Bonchev–Trinajstić information content (AvgIpc) is 3.24. The lowest BCUT2D eigenvalue weighted by atomic mass is 9.87. The summed E-state index contributed by atoms with van der Waals surface area (Å²) in [6.07, 6.45) is 0.896. The Bertz CT molecular complexity index is 708. The summed E-state index contributed by atoms with van der Waals surface area (Å²) in [5, 5.41) is 5.00. The summed E-state index contributed by atoms with van der Waals surface area (Å²) in [6, 6.07) is 7.43. The Balaban J connectivity index is 1.40. The van der Waals surface area contributed by atoms with Crippen molar-refractivity contribution in [1.29, 1.82) is 0 Å². The van der Waals surface area contributed by atoms with Crippen molar-refractivity contribution in [2.75, 3.05) is 24.6 Å². The minimum absolute atomic E-state index is 0.0159. The van der Waals surface area contributed by atoms with E-state index in [1.54, 1.807) is 4.90 Å². The maximum atomic E-state index is 12.7. The summed E-state index contributed by atoms with van der Waals surface area (Å²) in [4.78, 5) is 37.8. The quantitative estimate of drug-likeness (QED) is 0.771. The number of hydrogen-bond acceptors (Lipinski definition) is 5. The van der Waals surface area contributed by atoms with Crippen LogP contribution in [0.15, 0.2) is 24.3 Å². The molecule has 0 aromatic heterocycles. The largest absolute Gasteiger partial charge is 0.338 e. The van der Waals surface area contributed by atoms with Gasteiger partial charge in [0.15, 0.2) is 0 Å². The molecule has 3 aliphatic rings. The van der Waals surface area contributed by atoms with Crippen molar-refractivity contribution >= 4 is 41.4 Å². The highest BCUT2D eigenvalue weighted by molar-refractivity contribution is 8.19. The molecule has 0 bridgehead atoms. The molecule has 3 saturated heterocycles. The molecule has 0 saturated carbocycles. The molecular weight excluding hydrogens is 358 g/mol. The highest BCUT2D eigenvalue weighted by Gasteiger charge is 2.48. The second-order valence-electron chi connectivity index (χ2n) is 6.48. The topological polar surface area (TPSA) is 78.5 Å². The molecule has 4 amide bonds. The lowest BCUT2D eigenvalue weighted by Crippen LogP contribution is -2.55. The average molecular weight is 377 g/mol. The fourth-order valence-electron chi connectivity index (χ4n) is 3.49. The summed E-state index contributed by atoms with van der Waals surface area (Å²) >= 11 is 3.89. The van der Waals surface area contributed by atoms with Gasteiger partial charge in [0.25, 0.3) is 11.8 Å². The van der Waals surface area contributed by atoms with Crippen LogP contribution < -0.4 is 10.6 Å². The van der Waals surface area contributed by atoms with Crippen molar-refractivity contribution < 1.29 is 14.4 Å². The van der Waals surface area contributed by atoms with E-state index in [-0.39, 0.29) is 11.8 Å². The van der Waals surface area contributed by atoms with Gasteiger partial charge in [0.05, 0.1) is 4.58 Å². The predicted octanol–water partition coefficient (Wildman–Crippen LogP) is 1.98. The Labute approximate surface area is 154 Å². The number of nitrogens with zero attached hydrogens (tertiary/aromatic N) is 1. The second kappa shape index (κ2) is 6.57. The van der Waals surface area contributed by atoms with Gasteiger partial charge in [-0.2, -0.15) is 0 Å². The van der Waals surface area contributed by atoms with E-state index in [4.69, 9.17) is 0 Å². The van der Waals surface area contributed by atoms with Crippen LogP contribution >= 0.6 is 23.5 Å². The van der Waals surface area contributed by atoms with E-state index in [0.717, 1.165) is 0 Å². The number of hydrogen-bond donors (Lipinski definition) is 2. The van der Waals surface area contributed by atoms with Crippen LogP contribution in [0.5, 0.6) is 0 Å². The first-order valence-electron chi connectivity index (χ1n) is 8.33. The molecule has 4 rings (SSSR count). The summed E-state index contributed by atoms with van der Waals surface area (Å²) in [5.74, 6) is 2.06. The summed E-state index contributed by atoms with van der Waals surface area (Å²) in [7, 11) is 0. The van der Waals surface area contributed by atoms with Crippen molar-refractivity contribution in [2.24, 2.45) is 0 Å². The van der Waals surface area contributed by atoms with Gasteiger partial charge in [-0.3, -0.25) is 14.9 Å². The van der Waals surface area contributed by atoms with Crippen molar-refractivity contribution in [3.63, 3.8) is 0 Å². The Morgan fingerprint density at radius 2 is 1.72 bits per heavy atom. The van der Waals surface area contributed by atoms with Gasteiger partial charge in [-0.05, 0) is 30.5 Å². The van der Waals surface area contributed by atoms with Crippen molar-refractivity contribution in [3.05, 3.63) is 35.4 Å². The molecule has 8 heteroatoms. The number of urea groups is 1. The van der Waals surface area contributed by atoms with Crippen LogP contribution in [0.3, 0.4) is 0 Å². The molecule has 3 heterocycles. The normalized spacial score (nSPS) is 23.0. The van der Waals surface area contributed by atoms with Gasteiger partial charge >= 0.3 is 6.03 Å². The van der Waals surface area contributed by atoms with Crippen LogP contribution in [0.4, 0.5) is 4.79 Å². The predicted molar refractivity (Wildman–Crippen MR) is 98.6 cm³/mol. The molecule has 1 aromatic rings. The zero-order valence-corrected chi connectivity index (χ0v) is 15.3. The molecule has 0 atom stereocenters. The number of amides is 4. The van der Waals surface area contributed by atoms with Crippen molar-refractivity contribution in [3.8, 4) is 0 Å². The van der Waals surface area contributed by atoms with Gasteiger partial charge < -0.3 is 10.2 Å². The molecule has 3 fully saturated rings. The number of rotatable bonds is 2.